The number of ether oxygens (including phenoxy) is 1. The monoisotopic (exact) mass is 294 g/mol. The molecule has 1 aliphatic rings. The van der Waals surface area contributed by atoms with Crippen molar-refractivity contribution in [1.82, 2.24) is 19.5 Å². The van der Waals surface area contributed by atoms with Gasteiger partial charge in [-0.25, -0.2) is 9.97 Å². The molecule has 1 aliphatic carbocycles. The number of hydrogen-bond acceptors (Lipinski definition) is 4. The number of fused-ring (bicyclic) bond motifs is 1. The average molecular weight is 295 g/mol. The van der Waals surface area contributed by atoms with Gasteiger partial charge >= 0.3 is 0 Å². The lowest BCUT2D eigenvalue weighted by molar-refractivity contribution is 0.401. The van der Waals surface area contributed by atoms with Gasteiger partial charge in [0, 0.05) is 6.04 Å². The van der Waals surface area contributed by atoms with E-state index in [1.54, 1.807) is 7.11 Å². The van der Waals surface area contributed by atoms with Crippen LogP contribution in [-0.4, -0.2) is 26.6 Å². The number of nitrogens with zero attached hydrogens (tertiary/aromatic N) is 4. The second-order valence-electron chi connectivity index (χ2n) is 5.36. The van der Waals surface area contributed by atoms with Crippen molar-refractivity contribution in [3.63, 3.8) is 0 Å². The lowest BCUT2D eigenvalue weighted by atomic mass is 10.2. The predicted molar refractivity (Wildman–Crippen MR) is 78.2 cm³/mol. The molecule has 5 nitrogen and oxygen atoms in total. The minimum absolute atomic E-state index is 0.156. The molecule has 6 heteroatoms. The molecule has 0 spiro atoms. The lowest BCUT2D eigenvalue weighted by Gasteiger charge is -2.09. The zero-order valence-electron chi connectivity index (χ0n) is 12.0. The first kappa shape index (κ1) is 13.6. The summed E-state index contributed by atoms with van der Waals surface area (Å²) in [6.07, 6.45) is 5.15. The standard InChI is InChI=1S/C14H19ClN4O/c1-4-5-9-6-10(9)19-12(8(2)15)18-11-13(19)16-7-17-14(11)20-3/h7-10H,4-6H2,1-3H3. The summed E-state index contributed by atoms with van der Waals surface area (Å²) in [7, 11) is 1.60. The van der Waals surface area contributed by atoms with Crippen LogP contribution in [0.25, 0.3) is 11.2 Å². The Bertz CT molecular complexity index is 625. The number of hydrogen-bond donors (Lipinski definition) is 0. The third kappa shape index (κ3) is 2.14. The molecule has 3 rings (SSSR count). The van der Waals surface area contributed by atoms with Gasteiger partial charge in [0.25, 0.3) is 0 Å². The second-order valence-corrected chi connectivity index (χ2v) is 6.02. The van der Waals surface area contributed by atoms with Crippen LogP contribution in [0.3, 0.4) is 0 Å². The van der Waals surface area contributed by atoms with Crippen molar-refractivity contribution in [2.75, 3.05) is 7.11 Å². The first-order valence-electron chi connectivity index (χ1n) is 7.08. The Labute approximate surface area is 123 Å². The fourth-order valence-corrected chi connectivity index (χ4v) is 3.04. The maximum absolute atomic E-state index is 6.30. The van der Waals surface area contributed by atoms with Crippen LogP contribution in [0.5, 0.6) is 5.88 Å². The Morgan fingerprint density at radius 1 is 1.50 bits per heavy atom. The highest BCUT2D eigenvalue weighted by Crippen LogP contribution is 2.49. The van der Waals surface area contributed by atoms with E-state index in [1.165, 1.54) is 25.6 Å². The summed E-state index contributed by atoms with van der Waals surface area (Å²) in [5.41, 5.74) is 1.54. The quantitative estimate of drug-likeness (QED) is 0.792. The summed E-state index contributed by atoms with van der Waals surface area (Å²) in [5, 5.41) is -0.156. The minimum Gasteiger partial charge on any atom is -0.479 e. The molecule has 20 heavy (non-hydrogen) atoms. The maximum atomic E-state index is 6.30. The molecule has 1 fully saturated rings. The van der Waals surface area contributed by atoms with Crippen LogP contribution < -0.4 is 4.74 Å². The van der Waals surface area contributed by atoms with Gasteiger partial charge < -0.3 is 9.30 Å². The number of imidazole rings is 1. The molecule has 0 N–H and O–H groups in total. The van der Waals surface area contributed by atoms with Gasteiger partial charge in [-0.05, 0) is 25.7 Å². The summed E-state index contributed by atoms with van der Waals surface area (Å²) in [6.45, 7) is 4.16. The average Bonchev–Trinajstić information content (AvgIpc) is 3.07. The van der Waals surface area contributed by atoms with Gasteiger partial charge in [-0.15, -0.1) is 11.6 Å². The van der Waals surface area contributed by atoms with E-state index >= 15 is 0 Å². The van der Waals surface area contributed by atoms with E-state index in [4.69, 9.17) is 16.3 Å². The molecule has 2 aromatic heterocycles. The fraction of sp³-hybridized carbons (Fsp3) is 0.643. The Morgan fingerprint density at radius 3 is 2.95 bits per heavy atom. The van der Waals surface area contributed by atoms with Gasteiger partial charge in [0.15, 0.2) is 11.2 Å². The Kier molecular flexibility index (Phi) is 3.54. The van der Waals surface area contributed by atoms with E-state index in [1.807, 2.05) is 6.92 Å². The Morgan fingerprint density at radius 2 is 2.30 bits per heavy atom. The number of rotatable bonds is 5. The van der Waals surface area contributed by atoms with Crippen molar-refractivity contribution in [1.29, 1.82) is 0 Å². The molecule has 0 radical (unpaired) electrons. The third-order valence-electron chi connectivity index (χ3n) is 3.90. The van der Waals surface area contributed by atoms with E-state index in [-0.39, 0.29) is 5.38 Å². The summed E-state index contributed by atoms with van der Waals surface area (Å²) < 4.78 is 7.47. The van der Waals surface area contributed by atoms with Gasteiger partial charge in [-0.2, -0.15) is 4.98 Å². The highest BCUT2D eigenvalue weighted by Gasteiger charge is 2.41. The van der Waals surface area contributed by atoms with Gasteiger partial charge in [0.2, 0.25) is 5.88 Å². The summed E-state index contributed by atoms with van der Waals surface area (Å²) in [4.78, 5) is 13.1. The van der Waals surface area contributed by atoms with Crippen LogP contribution in [0.2, 0.25) is 0 Å². The summed E-state index contributed by atoms with van der Waals surface area (Å²) in [5.74, 6) is 2.09. The molecule has 1 saturated carbocycles. The molecule has 108 valence electrons. The fourth-order valence-electron chi connectivity index (χ4n) is 2.89. The van der Waals surface area contributed by atoms with Crippen molar-refractivity contribution in [3.05, 3.63) is 12.2 Å². The van der Waals surface area contributed by atoms with Gasteiger partial charge in [-0.3, -0.25) is 0 Å². The number of aromatic nitrogens is 4. The zero-order chi connectivity index (χ0) is 14.3. The summed E-state index contributed by atoms with van der Waals surface area (Å²) >= 11 is 6.30. The van der Waals surface area contributed by atoms with Crippen molar-refractivity contribution in [2.24, 2.45) is 5.92 Å². The highest BCUT2D eigenvalue weighted by atomic mass is 35.5. The van der Waals surface area contributed by atoms with Gasteiger partial charge in [0.1, 0.15) is 12.2 Å². The number of alkyl halides is 1. The van der Waals surface area contributed by atoms with Crippen LogP contribution in [0, 0.1) is 5.92 Å². The number of halogens is 1. The lowest BCUT2D eigenvalue weighted by Crippen LogP contribution is -2.04. The molecule has 0 aliphatic heterocycles. The summed E-state index contributed by atoms with van der Waals surface area (Å²) in [6, 6.07) is 0.468. The topological polar surface area (TPSA) is 52.8 Å². The first-order valence-corrected chi connectivity index (χ1v) is 7.51. The first-order chi connectivity index (χ1) is 9.67. The van der Waals surface area contributed by atoms with E-state index in [0.29, 0.717) is 23.4 Å². The normalized spacial score (nSPS) is 23.0. The predicted octanol–water partition coefficient (Wildman–Crippen LogP) is 3.50. The van der Waals surface area contributed by atoms with Gasteiger partial charge in [0.05, 0.1) is 12.5 Å². The highest BCUT2D eigenvalue weighted by molar-refractivity contribution is 6.20. The molecule has 3 atom stereocenters. The maximum Gasteiger partial charge on any atom is 0.245 e. The van der Waals surface area contributed by atoms with Crippen LogP contribution in [0.4, 0.5) is 0 Å². The van der Waals surface area contributed by atoms with Crippen molar-refractivity contribution < 1.29 is 4.74 Å². The SMILES string of the molecule is CCCC1CC1n1c(C(C)Cl)nc2c(OC)ncnc21. The van der Waals surface area contributed by atoms with E-state index in [9.17, 15) is 0 Å². The molecule has 2 aromatic rings. The molecule has 3 unspecified atom stereocenters. The number of methoxy groups -OCH3 is 1. The van der Waals surface area contributed by atoms with Crippen LogP contribution in [0.1, 0.15) is 50.4 Å². The van der Waals surface area contributed by atoms with Gasteiger partial charge in [-0.1, -0.05) is 13.3 Å². The third-order valence-corrected chi connectivity index (χ3v) is 4.09. The van der Waals surface area contributed by atoms with Crippen LogP contribution >= 0.6 is 11.6 Å². The van der Waals surface area contributed by atoms with Crippen LogP contribution in [-0.2, 0) is 0 Å². The molecule has 0 saturated heterocycles. The van der Waals surface area contributed by atoms with E-state index in [0.717, 1.165) is 11.5 Å². The van der Waals surface area contributed by atoms with Crippen LogP contribution in [0.15, 0.2) is 6.33 Å². The van der Waals surface area contributed by atoms with E-state index in [2.05, 4.69) is 26.4 Å². The largest absolute Gasteiger partial charge is 0.479 e. The smallest absolute Gasteiger partial charge is 0.245 e. The molecule has 0 bridgehead atoms. The molecular weight excluding hydrogens is 276 g/mol. The zero-order valence-corrected chi connectivity index (χ0v) is 12.8. The minimum atomic E-state index is -0.156. The Hall–Kier alpha value is -1.36. The Balaban J connectivity index is 2.11. The molecule has 0 aromatic carbocycles. The second kappa shape index (κ2) is 5.20. The van der Waals surface area contributed by atoms with E-state index < -0.39 is 0 Å². The molecule has 2 heterocycles. The van der Waals surface area contributed by atoms with Crippen molar-refractivity contribution in [3.8, 4) is 5.88 Å². The van der Waals surface area contributed by atoms with Crippen molar-refractivity contribution in [2.45, 2.75) is 44.5 Å². The molecule has 0 amide bonds. The molecular formula is C14H19ClN4O. The van der Waals surface area contributed by atoms with Crippen molar-refractivity contribution >= 4 is 22.8 Å².